The highest BCUT2D eigenvalue weighted by atomic mass is 32.2. The molecular weight excluding hydrogens is 508 g/mol. The summed E-state index contributed by atoms with van der Waals surface area (Å²) in [5, 5.41) is 2.90. The number of methoxy groups -OCH3 is 2. The third-order valence-electron chi connectivity index (χ3n) is 5.71. The van der Waals surface area contributed by atoms with Gasteiger partial charge < -0.3 is 19.5 Å². The smallest absolute Gasteiger partial charge is 0.270 e. The molecule has 1 aliphatic rings. The van der Waals surface area contributed by atoms with Gasteiger partial charge in [0.1, 0.15) is 5.75 Å². The second-order valence-electron chi connectivity index (χ2n) is 8.23. The van der Waals surface area contributed by atoms with Crippen molar-refractivity contribution in [2.45, 2.75) is 13.8 Å². The first kappa shape index (κ1) is 26.2. The van der Waals surface area contributed by atoms with Crippen molar-refractivity contribution in [1.29, 1.82) is 0 Å². The van der Waals surface area contributed by atoms with Crippen LogP contribution in [0, 0.1) is 13.8 Å². The molecular formula is C28H26N2O5S2. The van der Waals surface area contributed by atoms with Crippen LogP contribution in [0.4, 0.5) is 11.4 Å². The number of benzene rings is 3. The van der Waals surface area contributed by atoms with Gasteiger partial charge in [-0.3, -0.25) is 14.5 Å². The third kappa shape index (κ3) is 5.95. The molecule has 3 aromatic carbocycles. The van der Waals surface area contributed by atoms with E-state index in [1.165, 1.54) is 23.8 Å². The van der Waals surface area contributed by atoms with E-state index in [2.05, 4.69) is 5.32 Å². The van der Waals surface area contributed by atoms with Gasteiger partial charge in [0.25, 0.3) is 11.8 Å². The van der Waals surface area contributed by atoms with E-state index in [0.29, 0.717) is 32.2 Å². The molecule has 0 saturated carbocycles. The lowest BCUT2D eigenvalue weighted by atomic mass is 10.1. The Morgan fingerprint density at radius 3 is 2.35 bits per heavy atom. The van der Waals surface area contributed by atoms with E-state index < -0.39 is 0 Å². The van der Waals surface area contributed by atoms with Crippen LogP contribution < -0.4 is 24.4 Å². The van der Waals surface area contributed by atoms with Gasteiger partial charge in [0, 0.05) is 5.69 Å². The minimum absolute atomic E-state index is 0.177. The van der Waals surface area contributed by atoms with Crippen LogP contribution in [0.5, 0.6) is 17.2 Å². The summed E-state index contributed by atoms with van der Waals surface area (Å²) in [5.41, 5.74) is 4.15. The summed E-state index contributed by atoms with van der Waals surface area (Å²) in [7, 11) is 3.11. The molecule has 4 rings (SSSR count). The van der Waals surface area contributed by atoms with Crippen LogP contribution in [0.25, 0.3) is 6.08 Å². The molecule has 0 bridgehead atoms. The number of aryl methyl sites for hydroxylation is 2. The SMILES string of the molecule is COc1ccc(N2C(=O)/C(=C/c3ccc(OCC(=O)Nc4c(C)cccc4C)c(OC)c3)SC2=S)cc1. The average molecular weight is 535 g/mol. The van der Waals surface area contributed by atoms with E-state index in [1.54, 1.807) is 55.7 Å². The topological polar surface area (TPSA) is 77.1 Å². The van der Waals surface area contributed by atoms with Gasteiger partial charge in [-0.1, -0.05) is 48.2 Å². The minimum atomic E-state index is -0.272. The highest BCUT2D eigenvalue weighted by molar-refractivity contribution is 8.27. The number of thioether (sulfide) groups is 1. The van der Waals surface area contributed by atoms with Gasteiger partial charge in [-0.05, 0) is 73.0 Å². The zero-order chi connectivity index (χ0) is 26.5. The van der Waals surface area contributed by atoms with Crippen LogP contribution in [0.15, 0.2) is 65.6 Å². The fourth-order valence-electron chi connectivity index (χ4n) is 3.80. The van der Waals surface area contributed by atoms with Crippen molar-refractivity contribution in [3.8, 4) is 17.2 Å². The zero-order valence-corrected chi connectivity index (χ0v) is 22.5. The Hall–Kier alpha value is -3.82. The van der Waals surface area contributed by atoms with Gasteiger partial charge in [-0.15, -0.1) is 0 Å². The molecule has 0 atom stereocenters. The van der Waals surface area contributed by atoms with Gasteiger partial charge in [0.05, 0.1) is 24.8 Å². The lowest BCUT2D eigenvalue weighted by Crippen LogP contribution is -2.27. The first-order chi connectivity index (χ1) is 17.8. The molecule has 1 N–H and O–H groups in total. The van der Waals surface area contributed by atoms with Gasteiger partial charge in [-0.25, -0.2) is 0 Å². The van der Waals surface area contributed by atoms with Crippen LogP contribution in [-0.4, -0.2) is 37.0 Å². The van der Waals surface area contributed by atoms with Crippen LogP contribution in [0.3, 0.4) is 0 Å². The number of nitrogens with zero attached hydrogens (tertiary/aromatic N) is 1. The summed E-state index contributed by atoms with van der Waals surface area (Å²) >= 11 is 6.69. The molecule has 0 unspecified atom stereocenters. The van der Waals surface area contributed by atoms with E-state index in [1.807, 2.05) is 32.0 Å². The number of hydrogen-bond donors (Lipinski definition) is 1. The van der Waals surface area contributed by atoms with Crippen LogP contribution in [-0.2, 0) is 9.59 Å². The monoisotopic (exact) mass is 534 g/mol. The summed E-state index contributed by atoms with van der Waals surface area (Å²) in [5.74, 6) is 1.08. The second-order valence-corrected chi connectivity index (χ2v) is 9.90. The van der Waals surface area contributed by atoms with Crippen molar-refractivity contribution in [3.05, 3.63) is 82.3 Å². The Balaban J connectivity index is 1.45. The molecule has 190 valence electrons. The summed E-state index contributed by atoms with van der Waals surface area (Å²) in [6, 6.07) is 18.2. The number of carbonyl (C=O) groups is 2. The van der Waals surface area contributed by atoms with Crippen molar-refractivity contribution in [3.63, 3.8) is 0 Å². The fourth-order valence-corrected chi connectivity index (χ4v) is 5.10. The van der Waals surface area contributed by atoms with Crippen LogP contribution >= 0.6 is 24.0 Å². The number of para-hydroxylation sites is 1. The molecule has 0 spiro atoms. The molecule has 1 aliphatic heterocycles. The van der Waals surface area contributed by atoms with E-state index >= 15 is 0 Å². The first-order valence-electron chi connectivity index (χ1n) is 11.4. The Morgan fingerprint density at radius 1 is 1.00 bits per heavy atom. The maximum atomic E-state index is 13.1. The maximum absolute atomic E-state index is 13.1. The summed E-state index contributed by atoms with van der Waals surface area (Å²) in [4.78, 5) is 27.6. The highest BCUT2D eigenvalue weighted by Gasteiger charge is 2.33. The number of anilines is 2. The van der Waals surface area contributed by atoms with Crippen molar-refractivity contribution in [2.75, 3.05) is 31.0 Å². The van der Waals surface area contributed by atoms with Gasteiger partial charge in [-0.2, -0.15) is 0 Å². The summed E-state index contributed by atoms with van der Waals surface area (Å²) < 4.78 is 16.8. The van der Waals surface area contributed by atoms with E-state index in [-0.39, 0.29) is 18.4 Å². The molecule has 1 saturated heterocycles. The Kier molecular flexibility index (Phi) is 8.15. The molecule has 1 fully saturated rings. The van der Waals surface area contributed by atoms with Crippen LogP contribution in [0.2, 0.25) is 0 Å². The molecule has 0 aliphatic carbocycles. The number of amides is 2. The van der Waals surface area contributed by atoms with Crippen molar-refractivity contribution in [1.82, 2.24) is 0 Å². The van der Waals surface area contributed by atoms with Crippen LogP contribution in [0.1, 0.15) is 16.7 Å². The van der Waals surface area contributed by atoms with E-state index in [9.17, 15) is 9.59 Å². The quantitative estimate of drug-likeness (QED) is 0.292. The molecule has 0 aromatic heterocycles. The summed E-state index contributed by atoms with van der Waals surface area (Å²) in [6.45, 7) is 3.70. The molecule has 9 heteroatoms. The number of rotatable bonds is 8. The first-order valence-corrected chi connectivity index (χ1v) is 12.6. The molecule has 7 nitrogen and oxygen atoms in total. The molecule has 0 radical (unpaired) electrons. The Bertz CT molecular complexity index is 1370. The molecule has 37 heavy (non-hydrogen) atoms. The average Bonchev–Trinajstić information content (AvgIpc) is 3.17. The van der Waals surface area contributed by atoms with Gasteiger partial charge in [0.15, 0.2) is 22.4 Å². The Morgan fingerprint density at radius 2 is 1.70 bits per heavy atom. The van der Waals surface area contributed by atoms with E-state index in [4.69, 9.17) is 26.4 Å². The number of thiocarbonyl (C=S) groups is 1. The van der Waals surface area contributed by atoms with Crippen molar-refractivity contribution < 1.29 is 23.8 Å². The van der Waals surface area contributed by atoms with Gasteiger partial charge >= 0.3 is 0 Å². The maximum Gasteiger partial charge on any atom is 0.270 e. The number of ether oxygens (including phenoxy) is 3. The lowest BCUT2D eigenvalue weighted by Gasteiger charge is -2.15. The lowest BCUT2D eigenvalue weighted by molar-refractivity contribution is -0.118. The number of carbonyl (C=O) groups excluding carboxylic acids is 2. The molecule has 2 amide bonds. The summed E-state index contributed by atoms with van der Waals surface area (Å²) in [6.07, 6.45) is 1.75. The molecule has 1 heterocycles. The standard InChI is InChI=1S/C28H26N2O5S2/c1-17-6-5-7-18(2)26(17)29-25(31)16-35-22-13-8-19(14-23(22)34-4)15-24-27(32)30(28(36)37-24)20-9-11-21(33-3)12-10-20/h5-15H,16H2,1-4H3,(H,29,31)/b24-15-. The fraction of sp³-hybridized carbons (Fsp3) is 0.179. The number of hydrogen-bond acceptors (Lipinski definition) is 7. The highest BCUT2D eigenvalue weighted by Crippen LogP contribution is 2.37. The predicted octanol–water partition coefficient (Wildman–Crippen LogP) is 5.74. The largest absolute Gasteiger partial charge is 0.497 e. The van der Waals surface area contributed by atoms with E-state index in [0.717, 1.165) is 22.4 Å². The minimum Gasteiger partial charge on any atom is -0.497 e. The second kappa shape index (κ2) is 11.5. The van der Waals surface area contributed by atoms with Crippen molar-refractivity contribution >= 4 is 57.6 Å². The van der Waals surface area contributed by atoms with Gasteiger partial charge in [0.2, 0.25) is 0 Å². The molecule has 3 aromatic rings. The van der Waals surface area contributed by atoms with Crippen molar-refractivity contribution in [2.24, 2.45) is 0 Å². The number of nitrogens with one attached hydrogen (secondary N) is 1. The predicted molar refractivity (Wildman–Crippen MR) is 152 cm³/mol. The third-order valence-corrected chi connectivity index (χ3v) is 7.02. The normalized spacial score (nSPS) is 14.2. The zero-order valence-electron chi connectivity index (χ0n) is 20.9. The Labute approximate surface area is 225 Å².